The second-order valence-electron chi connectivity index (χ2n) is 4.44. The highest BCUT2D eigenvalue weighted by atomic mass is 35.5. The summed E-state index contributed by atoms with van der Waals surface area (Å²) in [5, 5.41) is 3.26. The van der Waals surface area contributed by atoms with Crippen molar-refractivity contribution in [3.63, 3.8) is 0 Å². The summed E-state index contributed by atoms with van der Waals surface area (Å²) in [4.78, 5) is 11.5. The third-order valence-corrected chi connectivity index (χ3v) is 3.90. The quantitative estimate of drug-likeness (QED) is 0.664. The van der Waals surface area contributed by atoms with E-state index >= 15 is 0 Å². The normalized spacial score (nSPS) is 46.1. The maximum absolute atomic E-state index is 11.5. The van der Waals surface area contributed by atoms with E-state index in [4.69, 9.17) is 9.47 Å². The van der Waals surface area contributed by atoms with E-state index in [9.17, 15) is 4.79 Å². The van der Waals surface area contributed by atoms with Crippen LogP contribution in [0.25, 0.3) is 0 Å². The van der Waals surface area contributed by atoms with Crippen LogP contribution in [0.1, 0.15) is 12.8 Å². The van der Waals surface area contributed by atoms with Crippen LogP contribution in [0.4, 0.5) is 0 Å². The van der Waals surface area contributed by atoms with Gasteiger partial charge >= 0.3 is 5.97 Å². The van der Waals surface area contributed by atoms with Crippen LogP contribution in [-0.4, -0.2) is 37.9 Å². The first kappa shape index (κ1) is 11.2. The number of carbonyl (C=O) groups excluding carboxylic acids is 1. The average Bonchev–Trinajstić information content (AvgIpc) is 2.87. The molecule has 3 aliphatic heterocycles. The first-order chi connectivity index (χ1) is 6.81. The van der Waals surface area contributed by atoms with E-state index in [1.807, 2.05) is 0 Å². The molecule has 0 saturated carbocycles. The summed E-state index contributed by atoms with van der Waals surface area (Å²) < 4.78 is 10.6. The number of ether oxygens (including phenoxy) is 2. The van der Waals surface area contributed by atoms with Crippen molar-refractivity contribution in [2.75, 3.05) is 13.7 Å². The van der Waals surface area contributed by atoms with E-state index in [2.05, 4.69) is 5.32 Å². The minimum absolute atomic E-state index is 0. The number of rotatable bonds is 1. The van der Waals surface area contributed by atoms with E-state index in [1.54, 1.807) is 0 Å². The molecule has 86 valence electrons. The molecule has 5 heteroatoms. The topological polar surface area (TPSA) is 47.6 Å². The lowest BCUT2D eigenvalue weighted by Gasteiger charge is -2.23. The highest BCUT2D eigenvalue weighted by Crippen LogP contribution is 2.47. The number of hydrogen-bond donors (Lipinski definition) is 1. The summed E-state index contributed by atoms with van der Waals surface area (Å²) >= 11 is 0. The molecule has 0 amide bonds. The van der Waals surface area contributed by atoms with Gasteiger partial charge in [-0.2, -0.15) is 0 Å². The fourth-order valence-electron chi connectivity index (χ4n) is 3.31. The number of halogens is 1. The molecule has 3 fully saturated rings. The molecule has 1 N–H and O–H groups in total. The number of carbonyl (C=O) groups is 1. The third-order valence-electron chi connectivity index (χ3n) is 3.90. The van der Waals surface area contributed by atoms with Gasteiger partial charge in [-0.25, -0.2) is 0 Å². The molecule has 3 saturated heterocycles. The Bertz CT molecular complexity index is 273. The highest BCUT2D eigenvalue weighted by molar-refractivity contribution is 5.85. The number of esters is 1. The second kappa shape index (κ2) is 3.92. The fraction of sp³-hybridized carbons (Fsp3) is 0.900. The van der Waals surface area contributed by atoms with Crippen LogP contribution in [-0.2, 0) is 14.3 Å². The second-order valence-corrected chi connectivity index (χ2v) is 4.44. The SMILES string of the molecule is COC(=O)[C@H]1NC[C@H]2[C@@H]1[C@H]1CC[C@@H]2O1.Cl. The number of methoxy groups -OCH3 is 1. The summed E-state index contributed by atoms with van der Waals surface area (Å²) in [5.74, 6) is 0.771. The van der Waals surface area contributed by atoms with Crippen LogP contribution < -0.4 is 5.32 Å². The zero-order valence-electron chi connectivity index (χ0n) is 8.64. The molecule has 4 nitrogen and oxygen atoms in total. The molecule has 0 unspecified atom stereocenters. The molecule has 3 rings (SSSR count). The van der Waals surface area contributed by atoms with Gasteiger partial charge < -0.3 is 14.8 Å². The minimum atomic E-state index is -0.131. The van der Waals surface area contributed by atoms with Gasteiger partial charge in [-0.1, -0.05) is 0 Å². The van der Waals surface area contributed by atoms with Gasteiger partial charge in [-0.05, 0) is 12.8 Å². The van der Waals surface area contributed by atoms with E-state index < -0.39 is 0 Å². The molecule has 15 heavy (non-hydrogen) atoms. The van der Waals surface area contributed by atoms with E-state index in [0.717, 1.165) is 13.0 Å². The minimum Gasteiger partial charge on any atom is -0.468 e. The summed E-state index contributed by atoms with van der Waals surface area (Å²) in [6, 6.07) is -0.125. The van der Waals surface area contributed by atoms with Crippen LogP contribution in [0.5, 0.6) is 0 Å². The van der Waals surface area contributed by atoms with Gasteiger partial charge in [-0.15, -0.1) is 12.4 Å². The molecule has 0 aliphatic carbocycles. The van der Waals surface area contributed by atoms with Crippen molar-refractivity contribution >= 4 is 18.4 Å². The Morgan fingerprint density at radius 1 is 1.40 bits per heavy atom. The predicted octanol–water partition coefficient (Wildman–Crippen LogP) is 0.347. The zero-order chi connectivity index (χ0) is 9.71. The molecule has 3 aliphatic rings. The highest BCUT2D eigenvalue weighted by Gasteiger charge is 2.56. The number of hydrogen-bond acceptors (Lipinski definition) is 4. The van der Waals surface area contributed by atoms with Crippen LogP contribution in [0, 0.1) is 11.8 Å². The Morgan fingerprint density at radius 3 is 2.87 bits per heavy atom. The Balaban J connectivity index is 0.000000853. The van der Waals surface area contributed by atoms with Gasteiger partial charge in [0, 0.05) is 18.4 Å². The van der Waals surface area contributed by atoms with E-state index in [-0.39, 0.29) is 24.4 Å². The summed E-state index contributed by atoms with van der Waals surface area (Å²) in [6.07, 6.45) is 2.97. The van der Waals surface area contributed by atoms with Gasteiger partial charge in [0.1, 0.15) is 6.04 Å². The van der Waals surface area contributed by atoms with Crippen molar-refractivity contribution in [2.45, 2.75) is 31.1 Å². The van der Waals surface area contributed by atoms with Gasteiger partial charge in [0.05, 0.1) is 19.3 Å². The molecule has 0 aromatic heterocycles. The summed E-state index contributed by atoms with van der Waals surface area (Å²) in [6.45, 7) is 0.908. The maximum atomic E-state index is 11.5. The van der Waals surface area contributed by atoms with Gasteiger partial charge in [-0.3, -0.25) is 4.79 Å². The average molecular weight is 234 g/mol. The lowest BCUT2D eigenvalue weighted by atomic mass is 9.78. The molecular weight excluding hydrogens is 218 g/mol. The Morgan fingerprint density at radius 2 is 2.13 bits per heavy atom. The lowest BCUT2D eigenvalue weighted by molar-refractivity contribution is -0.144. The zero-order valence-corrected chi connectivity index (χ0v) is 9.46. The van der Waals surface area contributed by atoms with Crippen molar-refractivity contribution in [3.05, 3.63) is 0 Å². The molecule has 0 spiro atoms. The molecule has 2 bridgehead atoms. The Labute approximate surface area is 95.1 Å². The molecule has 3 heterocycles. The van der Waals surface area contributed by atoms with Crippen molar-refractivity contribution in [2.24, 2.45) is 11.8 Å². The standard InChI is InChI=1S/C10H15NO3.ClH/c1-13-10(12)9-8-5(4-11-9)6-2-3-7(8)14-6;/h5-9,11H,2-4H2,1H3;1H/t5-,6+,7-,8-,9+;/m1./s1. The monoisotopic (exact) mass is 233 g/mol. The number of nitrogens with one attached hydrogen (secondary N) is 1. The lowest BCUT2D eigenvalue weighted by Crippen LogP contribution is -2.40. The predicted molar refractivity (Wildman–Crippen MR) is 55.9 cm³/mol. The number of fused-ring (bicyclic) bond motifs is 5. The smallest absolute Gasteiger partial charge is 0.323 e. The van der Waals surface area contributed by atoms with Gasteiger partial charge in [0.2, 0.25) is 0 Å². The first-order valence-corrected chi connectivity index (χ1v) is 5.28. The third kappa shape index (κ3) is 1.47. The van der Waals surface area contributed by atoms with Gasteiger partial charge in [0.25, 0.3) is 0 Å². The van der Waals surface area contributed by atoms with Crippen LogP contribution in [0.3, 0.4) is 0 Å². The largest absolute Gasteiger partial charge is 0.468 e. The molecule has 0 aromatic rings. The van der Waals surface area contributed by atoms with Gasteiger partial charge in [0.15, 0.2) is 0 Å². The van der Waals surface area contributed by atoms with Crippen molar-refractivity contribution < 1.29 is 14.3 Å². The Hall–Kier alpha value is -0.320. The summed E-state index contributed by atoms with van der Waals surface area (Å²) in [5.41, 5.74) is 0. The molecule has 0 aromatic carbocycles. The Kier molecular flexibility index (Phi) is 2.92. The first-order valence-electron chi connectivity index (χ1n) is 5.28. The summed E-state index contributed by atoms with van der Waals surface area (Å²) in [7, 11) is 1.45. The molecular formula is C10H16ClNO3. The van der Waals surface area contributed by atoms with Crippen molar-refractivity contribution in [3.8, 4) is 0 Å². The maximum Gasteiger partial charge on any atom is 0.323 e. The molecule has 5 atom stereocenters. The van der Waals surface area contributed by atoms with Crippen LogP contribution in [0.15, 0.2) is 0 Å². The fourth-order valence-corrected chi connectivity index (χ4v) is 3.31. The molecule has 0 radical (unpaired) electrons. The van der Waals surface area contributed by atoms with E-state index in [1.165, 1.54) is 13.5 Å². The van der Waals surface area contributed by atoms with Crippen molar-refractivity contribution in [1.82, 2.24) is 5.32 Å². The van der Waals surface area contributed by atoms with Crippen molar-refractivity contribution in [1.29, 1.82) is 0 Å². The van der Waals surface area contributed by atoms with Crippen LogP contribution in [0.2, 0.25) is 0 Å². The van der Waals surface area contributed by atoms with Crippen LogP contribution >= 0.6 is 12.4 Å². The van der Waals surface area contributed by atoms with E-state index in [0.29, 0.717) is 24.0 Å².